The number of aryl methyl sites for hydroxylation is 2. The summed E-state index contributed by atoms with van der Waals surface area (Å²) >= 11 is 0. The molecule has 7 atom stereocenters. The van der Waals surface area contributed by atoms with Crippen LogP contribution in [0.4, 0.5) is 0 Å². The van der Waals surface area contributed by atoms with Gasteiger partial charge in [-0.1, -0.05) is 38.5 Å². The Labute approximate surface area is 227 Å². The van der Waals surface area contributed by atoms with Crippen LogP contribution in [-0.2, 0) is 19.6 Å². The van der Waals surface area contributed by atoms with E-state index in [1.54, 1.807) is 0 Å². The number of carbonyl (C=O) groups is 1. The molecule has 0 radical (unpaired) electrons. The van der Waals surface area contributed by atoms with Crippen LogP contribution in [0.2, 0.25) is 0 Å². The minimum Gasteiger partial charge on any atom is -0.357 e. The number of nitrogens with one attached hydrogen (secondary N) is 4. The van der Waals surface area contributed by atoms with E-state index in [0.29, 0.717) is 38.3 Å². The molecule has 6 bridgehead atoms. The number of rotatable bonds is 3. The van der Waals surface area contributed by atoms with E-state index in [2.05, 4.69) is 66.6 Å². The molecule has 212 valence electrons. The molecule has 9 nitrogen and oxygen atoms in total. The first-order valence-electron chi connectivity index (χ1n) is 14.4. The maximum absolute atomic E-state index is 14.0. The molecule has 1 aliphatic carbocycles. The molecular weight excluding hydrogens is 502 g/mol. The van der Waals surface area contributed by atoms with Crippen molar-refractivity contribution >= 4 is 15.9 Å². The van der Waals surface area contributed by atoms with E-state index in [-0.39, 0.29) is 36.2 Å². The summed E-state index contributed by atoms with van der Waals surface area (Å²) in [5, 5.41) is 9.87. The number of sulfonamides is 1. The number of amides is 1. The van der Waals surface area contributed by atoms with E-state index in [1.165, 1.54) is 16.7 Å². The van der Waals surface area contributed by atoms with Crippen molar-refractivity contribution in [3.63, 3.8) is 0 Å². The quantitative estimate of drug-likeness (QED) is 0.459. The van der Waals surface area contributed by atoms with Crippen LogP contribution < -0.4 is 20.7 Å². The van der Waals surface area contributed by atoms with Crippen molar-refractivity contribution in [3.05, 3.63) is 34.9 Å². The van der Waals surface area contributed by atoms with Crippen molar-refractivity contribution < 1.29 is 17.9 Å². The monoisotopic (exact) mass is 547 g/mol. The van der Waals surface area contributed by atoms with Gasteiger partial charge in [0, 0.05) is 44.1 Å². The van der Waals surface area contributed by atoms with Gasteiger partial charge in [0.2, 0.25) is 15.9 Å². The van der Waals surface area contributed by atoms with Gasteiger partial charge in [0.1, 0.15) is 12.5 Å². The fourth-order valence-corrected chi connectivity index (χ4v) is 8.59. The van der Waals surface area contributed by atoms with Crippen LogP contribution in [0.5, 0.6) is 0 Å². The SMILES string of the molecule is Cc1cccc(C)c1C1CC2NC(N1)NS(=O)(=O)C1CCCC(C1)C(=O)N1C[C@@H](CNC[C@H]1CC(C)C)O2. The number of fused-ring (bicyclic) bond motifs is 6. The highest BCUT2D eigenvalue weighted by molar-refractivity contribution is 7.90. The Bertz CT molecular complexity index is 1090. The fraction of sp³-hybridized carbons (Fsp3) is 0.750. The summed E-state index contributed by atoms with van der Waals surface area (Å²) in [6.45, 7) is 10.5. The van der Waals surface area contributed by atoms with Crippen LogP contribution >= 0.6 is 0 Å². The largest absolute Gasteiger partial charge is 0.357 e. The topological polar surface area (TPSA) is 112 Å². The second kappa shape index (κ2) is 11.5. The molecule has 0 spiro atoms. The van der Waals surface area contributed by atoms with E-state index >= 15 is 0 Å². The Hall–Kier alpha value is -1.56. The maximum Gasteiger partial charge on any atom is 0.226 e. The van der Waals surface area contributed by atoms with E-state index in [4.69, 9.17) is 4.74 Å². The van der Waals surface area contributed by atoms with Gasteiger partial charge in [-0.25, -0.2) is 8.42 Å². The third kappa shape index (κ3) is 6.10. The molecule has 0 aromatic heterocycles. The molecule has 3 saturated heterocycles. The van der Waals surface area contributed by atoms with Gasteiger partial charge in [-0.2, -0.15) is 4.72 Å². The summed E-state index contributed by atoms with van der Waals surface area (Å²) in [6, 6.07) is 6.24. The average Bonchev–Trinajstić information content (AvgIpc) is 3.04. The van der Waals surface area contributed by atoms with Crippen molar-refractivity contribution in [2.45, 2.75) is 102 Å². The van der Waals surface area contributed by atoms with Crippen LogP contribution in [0.15, 0.2) is 18.2 Å². The first-order chi connectivity index (χ1) is 18.1. The van der Waals surface area contributed by atoms with Crippen molar-refractivity contribution in [2.75, 3.05) is 19.6 Å². The molecule has 38 heavy (non-hydrogen) atoms. The number of carbonyl (C=O) groups excluding carboxylic acids is 1. The van der Waals surface area contributed by atoms with Gasteiger partial charge in [0.25, 0.3) is 0 Å². The first-order valence-corrected chi connectivity index (χ1v) is 15.9. The molecule has 1 amide bonds. The molecule has 4 fully saturated rings. The average molecular weight is 548 g/mol. The van der Waals surface area contributed by atoms with Gasteiger partial charge in [-0.3, -0.25) is 15.4 Å². The van der Waals surface area contributed by atoms with Crippen molar-refractivity contribution in [3.8, 4) is 0 Å². The summed E-state index contributed by atoms with van der Waals surface area (Å²) in [5.41, 5.74) is 3.52. The van der Waals surface area contributed by atoms with Gasteiger partial charge in [-0.15, -0.1) is 0 Å². The highest BCUT2D eigenvalue weighted by atomic mass is 32.2. The summed E-state index contributed by atoms with van der Waals surface area (Å²) in [7, 11) is -3.67. The highest BCUT2D eigenvalue weighted by Crippen LogP contribution is 2.33. The summed E-state index contributed by atoms with van der Waals surface area (Å²) in [5.74, 6) is 0.266. The predicted octanol–water partition coefficient (Wildman–Crippen LogP) is 2.26. The Morgan fingerprint density at radius 2 is 1.84 bits per heavy atom. The lowest BCUT2D eigenvalue weighted by molar-refractivity contribution is -0.142. The zero-order chi connectivity index (χ0) is 27.0. The zero-order valence-electron chi connectivity index (χ0n) is 23.2. The van der Waals surface area contributed by atoms with E-state index in [1.807, 2.05) is 4.90 Å². The third-order valence-electron chi connectivity index (χ3n) is 8.73. The Kier molecular flexibility index (Phi) is 8.47. The fourth-order valence-electron chi connectivity index (χ4n) is 6.97. The van der Waals surface area contributed by atoms with E-state index in [9.17, 15) is 13.2 Å². The van der Waals surface area contributed by atoms with Gasteiger partial charge in [0.05, 0.1) is 11.4 Å². The van der Waals surface area contributed by atoms with Crippen LogP contribution in [0.25, 0.3) is 0 Å². The minimum atomic E-state index is -3.67. The predicted molar refractivity (Wildman–Crippen MR) is 148 cm³/mol. The van der Waals surface area contributed by atoms with Crippen LogP contribution in [-0.4, -0.2) is 68.8 Å². The minimum absolute atomic E-state index is 0.0763. The van der Waals surface area contributed by atoms with Crippen molar-refractivity contribution in [2.24, 2.45) is 11.8 Å². The number of nitrogens with zero attached hydrogens (tertiary/aromatic N) is 1. The normalized spacial score (nSPS) is 36.1. The molecule has 1 aromatic rings. The molecule has 3 heterocycles. The third-order valence-corrected chi connectivity index (χ3v) is 10.6. The number of ether oxygens (including phenoxy) is 1. The number of hydrogen-bond donors (Lipinski definition) is 4. The second-order valence-corrected chi connectivity index (χ2v) is 14.2. The van der Waals surface area contributed by atoms with E-state index < -0.39 is 21.6 Å². The van der Waals surface area contributed by atoms with Crippen LogP contribution in [0.3, 0.4) is 0 Å². The lowest BCUT2D eigenvalue weighted by atomic mass is 9.87. The molecule has 4 aliphatic rings. The molecule has 3 aliphatic heterocycles. The summed E-state index contributed by atoms with van der Waals surface area (Å²) < 4.78 is 36.8. The van der Waals surface area contributed by atoms with Crippen LogP contribution in [0, 0.1) is 25.7 Å². The molecule has 4 N–H and O–H groups in total. The molecule has 10 heteroatoms. The van der Waals surface area contributed by atoms with Gasteiger partial charge in [0.15, 0.2) is 0 Å². The summed E-state index contributed by atoms with van der Waals surface area (Å²) in [6.07, 6.45) is 2.75. The zero-order valence-corrected chi connectivity index (χ0v) is 24.0. The van der Waals surface area contributed by atoms with Crippen LogP contribution in [0.1, 0.15) is 75.1 Å². The lowest BCUT2D eigenvalue weighted by Crippen LogP contribution is -2.64. The standard InChI is InChI=1S/C28H45N5O4S/c1-17(2)11-21-14-29-15-22-16-33(21)27(34)20-9-6-10-23(12-20)38(35,36)32-28-30-24(13-25(31-28)37-22)26-18(3)7-5-8-19(26)4/h5,7-8,17,20-25,28-32H,6,9-16H2,1-4H3/t20?,21-,22-,23?,24?,25?,28?/m1/s1. The molecule has 5 rings (SSSR count). The highest BCUT2D eigenvalue weighted by Gasteiger charge is 2.42. The lowest BCUT2D eigenvalue weighted by Gasteiger charge is -2.40. The Morgan fingerprint density at radius 1 is 1.08 bits per heavy atom. The number of hydrogen-bond acceptors (Lipinski definition) is 7. The Morgan fingerprint density at radius 3 is 2.58 bits per heavy atom. The smallest absolute Gasteiger partial charge is 0.226 e. The molecule has 5 unspecified atom stereocenters. The van der Waals surface area contributed by atoms with Gasteiger partial charge in [-0.05, 0) is 62.1 Å². The molecule has 1 aromatic carbocycles. The first kappa shape index (κ1) is 28.0. The molecule has 1 saturated carbocycles. The second-order valence-electron chi connectivity index (χ2n) is 12.2. The summed E-state index contributed by atoms with van der Waals surface area (Å²) in [4.78, 5) is 16.0. The van der Waals surface area contributed by atoms with Gasteiger partial charge < -0.3 is 15.0 Å². The Balaban J connectivity index is 1.50. The number of benzene rings is 1. The molecular formula is C28H45N5O4S. The van der Waals surface area contributed by atoms with E-state index in [0.717, 1.165) is 25.8 Å². The van der Waals surface area contributed by atoms with Crippen molar-refractivity contribution in [1.29, 1.82) is 0 Å². The van der Waals surface area contributed by atoms with Crippen molar-refractivity contribution in [1.82, 2.24) is 25.6 Å². The van der Waals surface area contributed by atoms with Gasteiger partial charge >= 0.3 is 0 Å². The maximum atomic E-state index is 14.0.